The average Bonchev–Trinajstić information content (AvgIpc) is 2.88. The topological polar surface area (TPSA) is 56.6 Å². The smallest absolute Gasteiger partial charge is 0.180 e. The Morgan fingerprint density at radius 2 is 2.05 bits per heavy atom. The molecule has 5 nitrogen and oxygen atoms in total. The predicted octanol–water partition coefficient (Wildman–Crippen LogP) is 2.27. The van der Waals surface area contributed by atoms with Crippen LogP contribution < -0.4 is 4.74 Å². The highest BCUT2D eigenvalue weighted by atomic mass is 16.5. The second kappa shape index (κ2) is 4.55. The van der Waals surface area contributed by atoms with Crippen molar-refractivity contribution in [1.82, 2.24) is 9.97 Å². The Morgan fingerprint density at radius 1 is 1.14 bits per heavy atom. The zero-order valence-corrected chi connectivity index (χ0v) is 11.7. The van der Waals surface area contributed by atoms with Gasteiger partial charge in [0.2, 0.25) is 0 Å². The highest BCUT2D eigenvalue weighted by Gasteiger charge is 2.41. The highest BCUT2D eigenvalue weighted by molar-refractivity contribution is 5.76. The van der Waals surface area contributed by atoms with Crippen LogP contribution in [0.3, 0.4) is 0 Å². The van der Waals surface area contributed by atoms with Gasteiger partial charge in [0, 0.05) is 31.3 Å². The first-order valence-electron chi connectivity index (χ1n) is 6.96. The van der Waals surface area contributed by atoms with Crippen molar-refractivity contribution in [3.05, 3.63) is 42.4 Å². The zero-order chi connectivity index (χ0) is 14.3. The van der Waals surface area contributed by atoms with E-state index in [0.717, 1.165) is 34.9 Å². The molecule has 0 N–H and O–H groups in total. The van der Waals surface area contributed by atoms with Crippen molar-refractivity contribution < 1.29 is 9.47 Å². The Kier molecular flexibility index (Phi) is 2.67. The third kappa shape index (κ3) is 2.05. The summed E-state index contributed by atoms with van der Waals surface area (Å²) in [7, 11) is 0. The van der Waals surface area contributed by atoms with Gasteiger partial charge in [-0.15, -0.1) is 0 Å². The predicted molar refractivity (Wildman–Crippen MR) is 78.5 cm³/mol. The van der Waals surface area contributed by atoms with Crippen molar-refractivity contribution in [3.63, 3.8) is 0 Å². The van der Waals surface area contributed by atoms with Gasteiger partial charge in [-0.1, -0.05) is 12.1 Å². The van der Waals surface area contributed by atoms with E-state index in [1.807, 2.05) is 19.1 Å². The molecule has 0 radical (unpaired) electrons. The molecule has 0 aliphatic carbocycles. The van der Waals surface area contributed by atoms with Crippen molar-refractivity contribution in [3.8, 4) is 17.0 Å². The van der Waals surface area contributed by atoms with Gasteiger partial charge in [0.15, 0.2) is 5.90 Å². The summed E-state index contributed by atoms with van der Waals surface area (Å²) in [4.78, 5) is 13.1. The Morgan fingerprint density at radius 3 is 2.81 bits per heavy atom. The Bertz CT molecular complexity index is 715. The molecule has 2 aliphatic heterocycles. The molecule has 2 aromatic rings. The van der Waals surface area contributed by atoms with Crippen LogP contribution in [0.1, 0.15) is 12.5 Å². The summed E-state index contributed by atoms with van der Waals surface area (Å²) in [6, 6.07) is 6.12. The molecule has 0 saturated heterocycles. The van der Waals surface area contributed by atoms with Crippen LogP contribution in [-0.4, -0.2) is 34.6 Å². The number of para-hydroxylation sites is 1. The van der Waals surface area contributed by atoms with Gasteiger partial charge in [0.1, 0.15) is 24.5 Å². The van der Waals surface area contributed by atoms with Gasteiger partial charge in [-0.05, 0) is 11.6 Å². The number of hydrogen-bond donors (Lipinski definition) is 0. The van der Waals surface area contributed by atoms with Crippen LogP contribution in [0.2, 0.25) is 0 Å². The van der Waals surface area contributed by atoms with Crippen molar-refractivity contribution >= 4 is 5.90 Å². The van der Waals surface area contributed by atoms with Gasteiger partial charge in [-0.2, -0.15) is 0 Å². The van der Waals surface area contributed by atoms with E-state index in [-0.39, 0.29) is 5.54 Å². The Hall–Kier alpha value is -2.43. The largest absolute Gasteiger partial charge is 0.490 e. The van der Waals surface area contributed by atoms with Crippen molar-refractivity contribution in [2.45, 2.75) is 18.9 Å². The second-order valence-corrected chi connectivity index (χ2v) is 5.49. The lowest BCUT2D eigenvalue weighted by Crippen LogP contribution is -2.41. The minimum Gasteiger partial charge on any atom is -0.490 e. The van der Waals surface area contributed by atoms with Crippen LogP contribution in [0.4, 0.5) is 0 Å². The lowest BCUT2D eigenvalue weighted by atomic mass is 9.89. The fourth-order valence-electron chi connectivity index (χ4n) is 2.95. The van der Waals surface area contributed by atoms with Crippen LogP contribution in [0, 0.1) is 0 Å². The zero-order valence-electron chi connectivity index (χ0n) is 11.7. The standard InChI is InChI=1S/C16H15N3O2/c1-11-19-16(9-20-11)7-12-3-2-4-13(15(12)21-10-16)14-8-17-5-6-18-14/h2-6,8H,7,9-10H2,1H3. The number of aliphatic imine (C=N–C) groups is 1. The maximum Gasteiger partial charge on any atom is 0.180 e. The molecule has 1 unspecified atom stereocenters. The minimum atomic E-state index is -0.266. The Balaban J connectivity index is 1.75. The van der Waals surface area contributed by atoms with E-state index in [0.29, 0.717) is 13.2 Å². The summed E-state index contributed by atoms with van der Waals surface area (Å²) in [5, 5.41) is 0. The average molecular weight is 281 g/mol. The fraction of sp³-hybridized carbons (Fsp3) is 0.312. The molecular formula is C16H15N3O2. The molecule has 1 spiro atoms. The molecule has 1 atom stereocenters. The van der Waals surface area contributed by atoms with Gasteiger partial charge in [-0.3, -0.25) is 9.97 Å². The van der Waals surface area contributed by atoms with Crippen molar-refractivity contribution in [2.75, 3.05) is 13.2 Å². The van der Waals surface area contributed by atoms with Gasteiger partial charge >= 0.3 is 0 Å². The maximum absolute atomic E-state index is 6.04. The van der Waals surface area contributed by atoms with Gasteiger partial charge in [-0.25, -0.2) is 4.99 Å². The maximum atomic E-state index is 6.04. The van der Waals surface area contributed by atoms with Gasteiger partial charge in [0.05, 0.1) is 11.9 Å². The third-order valence-electron chi connectivity index (χ3n) is 3.88. The molecule has 0 saturated carbocycles. The molecular weight excluding hydrogens is 266 g/mol. The molecule has 0 fully saturated rings. The van der Waals surface area contributed by atoms with Gasteiger partial charge < -0.3 is 9.47 Å². The molecule has 21 heavy (non-hydrogen) atoms. The van der Waals surface area contributed by atoms with Crippen LogP contribution >= 0.6 is 0 Å². The van der Waals surface area contributed by atoms with Crippen molar-refractivity contribution in [1.29, 1.82) is 0 Å². The number of benzene rings is 1. The molecule has 3 heterocycles. The van der Waals surface area contributed by atoms with Crippen LogP contribution in [0.25, 0.3) is 11.3 Å². The first-order valence-corrected chi connectivity index (χ1v) is 6.96. The first-order chi connectivity index (χ1) is 10.3. The Labute approximate surface area is 122 Å². The SMILES string of the molecule is CC1=NC2(CO1)COc1c(cccc1-c1cnccn1)C2. The third-order valence-corrected chi connectivity index (χ3v) is 3.88. The van der Waals surface area contributed by atoms with E-state index < -0.39 is 0 Å². The van der Waals surface area contributed by atoms with Gasteiger partial charge in [0.25, 0.3) is 0 Å². The highest BCUT2D eigenvalue weighted by Crippen LogP contribution is 2.39. The monoisotopic (exact) mass is 281 g/mol. The van der Waals surface area contributed by atoms with E-state index in [4.69, 9.17) is 9.47 Å². The van der Waals surface area contributed by atoms with E-state index in [9.17, 15) is 0 Å². The molecule has 1 aromatic carbocycles. The summed E-state index contributed by atoms with van der Waals surface area (Å²) < 4.78 is 11.6. The molecule has 5 heteroatoms. The summed E-state index contributed by atoms with van der Waals surface area (Å²) in [6.07, 6.45) is 5.94. The molecule has 0 bridgehead atoms. The molecule has 1 aromatic heterocycles. The molecule has 2 aliphatic rings. The summed E-state index contributed by atoms with van der Waals surface area (Å²) >= 11 is 0. The van der Waals surface area contributed by atoms with E-state index in [2.05, 4.69) is 21.0 Å². The molecule has 4 rings (SSSR count). The quantitative estimate of drug-likeness (QED) is 0.804. The van der Waals surface area contributed by atoms with Crippen LogP contribution in [-0.2, 0) is 11.2 Å². The summed E-state index contributed by atoms with van der Waals surface area (Å²) in [5.74, 6) is 1.63. The number of aromatic nitrogens is 2. The first kappa shape index (κ1) is 12.3. The molecule has 106 valence electrons. The van der Waals surface area contributed by atoms with E-state index in [1.54, 1.807) is 18.6 Å². The van der Waals surface area contributed by atoms with Crippen LogP contribution in [0.15, 0.2) is 41.8 Å². The number of ether oxygens (including phenoxy) is 2. The second-order valence-electron chi connectivity index (χ2n) is 5.49. The van der Waals surface area contributed by atoms with E-state index >= 15 is 0 Å². The minimum absolute atomic E-state index is 0.266. The summed E-state index contributed by atoms with van der Waals surface area (Å²) in [5.41, 5.74) is 2.69. The van der Waals surface area contributed by atoms with Crippen molar-refractivity contribution in [2.24, 2.45) is 4.99 Å². The normalized spacial score (nSPS) is 23.2. The summed E-state index contributed by atoms with van der Waals surface area (Å²) in [6.45, 7) is 3.02. The fourth-order valence-corrected chi connectivity index (χ4v) is 2.95. The number of fused-ring (bicyclic) bond motifs is 1. The van der Waals surface area contributed by atoms with E-state index in [1.165, 1.54) is 0 Å². The lowest BCUT2D eigenvalue weighted by Gasteiger charge is -2.31. The number of hydrogen-bond acceptors (Lipinski definition) is 5. The number of rotatable bonds is 1. The van der Waals surface area contributed by atoms with Crippen LogP contribution in [0.5, 0.6) is 5.75 Å². The number of nitrogens with zero attached hydrogens (tertiary/aromatic N) is 3. The lowest BCUT2D eigenvalue weighted by molar-refractivity contribution is 0.153. The molecule has 0 amide bonds.